The van der Waals surface area contributed by atoms with Crippen molar-refractivity contribution in [2.75, 3.05) is 6.26 Å². The van der Waals surface area contributed by atoms with Gasteiger partial charge in [0.15, 0.2) is 9.84 Å². The first-order valence-corrected chi connectivity index (χ1v) is 10.2. The van der Waals surface area contributed by atoms with Gasteiger partial charge in [0.05, 0.1) is 5.75 Å². The van der Waals surface area contributed by atoms with Gasteiger partial charge in [0.1, 0.15) is 5.82 Å². The zero-order valence-corrected chi connectivity index (χ0v) is 14.8. The summed E-state index contributed by atoms with van der Waals surface area (Å²) < 4.78 is 36.0. The maximum atomic E-state index is 13.1. The largest absolute Gasteiger partial charge is 0.331 e. The quantitative estimate of drug-likeness (QED) is 0.794. The zero-order valence-electron chi connectivity index (χ0n) is 14.0. The van der Waals surface area contributed by atoms with Crippen molar-refractivity contribution in [3.8, 4) is 0 Å². The maximum absolute atomic E-state index is 13.1. The number of hydrogen-bond donors (Lipinski definition) is 0. The number of amides is 1. The van der Waals surface area contributed by atoms with Gasteiger partial charge in [0.2, 0.25) is 0 Å². The molecule has 0 radical (unpaired) electrons. The van der Waals surface area contributed by atoms with Crippen LogP contribution < -0.4 is 0 Å². The Bertz CT molecular complexity index is 874. The van der Waals surface area contributed by atoms with Crippen molar-refractivity contribution in [1.29, 1.82) is 0 Å². The van der Waals surface area contributed by atoms with Gasteiger partial charge < -0.3 is 4.90 Å². The fourth-order valence-corrected chi connectivity index (χ4v) is 3.59. The summed E-state index contributed by atoms with van der Waals surface area (Å²) in [6.07, 6.45) is 3.08. The monoisotopic (exact) mass is 361 g/mol. The fourth-order valence-electron chi connectivity index (χ4n) is 2.80. The van der Waals surface area contributed by atoms with Crippen LogP contribution in [-0.2, 0) is 22.1 Å². The molecule has 0 N–H and O–H groups in total. The van der Waals surface area contributed by atoms with Crippen LogP contribution in [0.1, 0.15) is 34.3 Å². The van der Waals surface area contributed by atoms with Crippen LogP contribution in [0.5, 0.6) is 0 Å². The fraction of sp³-hybridized carbons (Fsp3) is 0.316. The van der Waals surface area contributed by atoms with Crippen LogP contribution in [0, 0.1) is 5.82 Å². The first-order chi connectivity index (χ1) is 11.8. The highest BCUT2D eigenvalue weighted by molar-refractivity contribution is 7.89. The minimum atomic E-state index is -3.16. The molecule has 0 aliphatic heterocycles. The summed E-state index contributed by atoms with van der Waals surface area (Å²) in [4.78, 5) is 14.7. The summed E-state index contributed by atoms with van der Waals surface area (Å²) in [5.41, 5.74) is 1.95. The van der Waals surface area contributed by atoms with Gasteiger partial charge in [0, 0.05) is 24.4 Å². The predicted molar refractivity (Wildman–Crippen MR) is 94.3 cm³/mol. The summed E-state index contributed by atoms with van der Waals surface area (Å²) in [7, 11) is -3.16. The lowest BCUT2D eigenvalue weighted by atomic mass is 10.1. The van der Waals surface area contributed by atoms with E-state index in [-0.39, 0.29) is 23.5 Å². The first-order valence-electron chi connectivity index (χ1n) is 8.14. The van der Waals surface area contributed by atoms with E-state index in [2.05, 4.69) is 0 Å². The Morgan fingerprint density at radius 2 is 1.80 bits per heavy atom. The highest BCUT2D eigenvalue weighted by Crippen LogP contribution is 2.30. The summed E-state index contributed by atoms with van der Waals surface area (Å²) in [6, 6.07) is 13.1. The van der Waals surface area contributed by atoms with Crippen LogP contribution in [0.3, 0.4) is 0 Å². The van der Waals surface area contributed by atoms with E-state index in [0.717, 1.165) is 18.4 Å². The Kier molecular flexibility index (Phi) is 4.90. The van der Waals surface area contributed by atoms with Crippen LogP contribution >= 0.6 is 0 Å². The zero-order chi connectivity index (χ0) is 18.0. The highest BCUT2D eigenvalue weighted by atomic mass is 32.2. The minimum Gasteiger partial charge on any atom is -0.331 e. The van der Waals surface area contributed by atoms with E-state index in [1.807, 2.05) is 0 Å². The van der Waals surface area contributed by atoms with Gasteiger partial charge in [0.25, 0.3) is 5.91 Å². The molecule has 0 spiro atoms. The van der Waals surface area contributed by atoms with Gasteiger partial charge in [-0.15, -0.1) is 0 Å². The number of halogens is 1. The van der Waals surface area contributed by atoms with Crippen molar-refractivity contribution in [3.05, 3.63) is 71.0 Å². The van der Waals surface area contributed by atoms with Crippen molar-refractivity contribution >= 4 is 15.7 Å². The van der Waals surface area contributed by atoms with Crippen molar-refractivity contribution in [3.63, 3.8) is 0 Å². The second-order valence-electron chi connectivity index (χ2n) is 6.56. The van der Waals surface area contributed by atoms with E-state index in [1.54, 1.807) is 41.3 Å². The Hall–Kier alpha value is -2.21. The number of nitrogens with zero attached hydrogens (tertiary/aromatic N) is 1. The molecule has 0 bridgehead atoms. The van der Waals surface area contributed by atoms with E-state index < -0.39 is 9.84 Å². The van der Waals surface area contributed by atoms with E-state index >= 15 is 0 Å². The van der Waals surface area contributed by atoms with Gasteiger partial charge in [-0.2, -0.15) is 0 Å². The van der Waals surface area contributed by atoms with E-state index in [9.17, 15) is 17.6 Å². The molecule has 1 saturated carbocycles. The molecule has 0 aromatic heterocycles. The number of hydrogen-bond acceptors (Lipinski definition) is 3. The average Bonchev–Trinajstić information content (AvgIpc) is 3.37. The van der Waals surface area contributed by atoms with E-state index in [0.29, 0.717) is 17.7 Å². The molecule has 25 heavy (non-hydrogen) atoms. The van der Waals surface area contributed by atoms with Crippen LogP contribution in [0.25, 0.3) is 0 Å². The molecule has 1 amide bonds. The smallest absolute Gasteiger partial charge is 0.254 e. The van der Waals surface area contributed by atoms with Crippen molar-refractivity contribution in [1.82, 2.24) is 4.90 Å². The third kappa shape index (κ3) is 4.89. The Morgan fingerprint density at radius 1 is 1.12 bits per heavy atom. The van der Waals surface area contributed by atoms with E-state index in [1.165, 1.54) is 18.4 Å². The van der Waals surface area contributed by atoms with Gasteiger partial charge in [-0.1, -0.05) is 24.3 Å². The summed E-state index contributed by atoms with van der Waals surface area (Å²) in [5.74, 6) is -0.515. The average molecular weight is 361 g/mol. The molecule has 4 nitrogen and oxygen atoms in total. The van der Waals surface area contributed by atoms with Crippen LogP contribution in [0.4, 0.5) is 4.39 Å². The molecule has 1 fully saturated rings. The number of carbonyl (C=O) groups is 1. The van der Waals surface area contributed by atoms with Gasteiger partial charge >= 0.3 is 0 Å². The molecule has 1 aliphatic carbocycles. The summed E-state index contributed by atoms with van der Waals surface area (Å²) >= 11 is 0. The lowest BCUT2D eigenvalue weighted by Crippen LogP contribution is -2.32. The van der Waals surface area contributed by atoms with Crippen LogP contribution in [-0.4, -0.2) is 31.5 Å². The predicted octanol–water partition coefficient (Wildman–Crippen LogP) is 3.18. The third-order valence-corrected chi connectivity index (χ3v) is 4.98. The standard InChI is InChI=1S/C19H20FNO3S/c1-25(23,24)13-15-3-2-4-16(11-15)19(22)21(18-9-10-18)12-14-5-7-17(20)8-6-14/h2-8,11,18H,9-10,12-13H2,1H3. The molecule has 1 aliphatic rings. The van der Waals surface area contributed by atoms with Crippen molar-refractivity contribution in [2.24, 2.45) is 0 Å². The molecule has 0 atom stereocenters. The molecule has 2 aromatic carbocycles. The van der Waals surface area contributed by atoms with E-state index in [4.69, 9.17) is 0 Å². The highest BCUT2D eigenvalue weighted by Gasteiger charge is 2.33. The number of rotatable bonds is 6. The molecule has 132 valence electrons. The van der Waals surface area contributed by atoms with Crippen molar-refractivity contribution < 1.29 is 17.6 Å². The van der Waals surface area contributed by atoms with Crippen molar-refractivity contribution in [2.45, 2.75) is 31.2 Å². The molecule has 0 unspecified atom stereocenters. The SMILES string of the molecule is CS(=O)(=O)Cc1cccc(C(=O)N(Cc2ccc(F)cc2)C2CC2)c1. The molecule has 6 heteroatoms. The second-order valence-corrected chi connectivity index (χ2v) is 8.70. The molecular weight excluding hydrogens is 341 g/mol. The normalized spacial score (nSPS) is 14.3. The lowest BCUT2D eigenvalue weighted by Gasteiger charge is -2.23. The maximum Gasteiger partial charge on any atom is 0.254 e. The topological polar surface area (TPSA) is 54.5 Å². The third-order valence-electron chi connectivity index (χ3n) is 4.12. The summed E-state index contributed by atoms with van der Waals surface area (Å²) in [5, 5.41) is 0. The summed E-state index contributed by atoms with van der Waals surface area (Å²) in [6.45, 7) is 0.417. The number of benzene rings is 2. The van der Waals surface area contributed by atoms with Crippen LogP contribution in [0.2, 0.25) is 0 Å². The van der Waals surface area contributed by atoms with Gasteiger partial charge in [-0.05, 0) is 48.2 Å². The van der Waals surface area contributed by atoms with Gasteiger partial charge in [-0.3, -0.25) is 4.79 Å². The molecule has 3 rings (SSSR count). The minimum absolute atomic E-state index is 0.0878. The number of sulfone groups is 1. The lowest BCUT2D eigenvalue weighted by molar-refractivity contribution is 0.0730. The van der Waals surface area contributed by atoms with Crippen LogP contribution in [0.15, 0.2) is 48.5 Å². The molecular formula is C19H20FNO3S. The Balaban J connectivity index is 1.81. The molecule has 2 aromatic rings. The Labute approximate surface area is 147 Å². The Morgan fingerprint density at radius 3 is 2.40 bits per heavy atom. The second kappa shape index (κ2) is 6.96. The number of carbonyl (C=O) groups excluding carboxylic acids is 1. The van der Waals surface area contributed by atoms with Gasteiger partial charge in [-0.25, -0.2) is 12.8 Å². The first kappa shape index (κ1) is 17.6. The molecule has 0 saturated heterocycles. The molecule has 0 heterocycles.